The largest absolute Gasteiger partial charge is 0.358 e. The highest BCUT2D eigenvalue weighted by molar-refractivity contribution is 7.89. The van der Waals surface area contributed by atoms with E-state index in [0.717, 1.165) is 16.6 Å². The molecular formula is C20H20N4O5S. The predicted molar refractivity (Wildman–Crippen MR) is 111 cm³/mol. The minimum Gasteiger partial charge on any atom is -0.358 e. The molecule has 0 spiro atoms. The number of hydrogen-bond donors (Lipinski definition) is 1. The lowest BCUT2D eigenvalue weighted by atomic mass is 10.1. The number of carbonyl (C=O) groups is 1. The summed E-state index contributed by atoms with van der Waals surface area (Å²) in [6, 6.07) is 12.4. The summed E-state index contributed by atoms with van der Waals surface area (Å²) >= 11 is 0. The van der Waals surface area contributed by atoms with Gasteiger partial charge in [0.1, 0.15) is 0 Å². The van der Waals surface area contributed by atoms with E-state index in [1.807, 2.05) is 31.2 Å². The molecule has 0 bridgehead atoms. The maximum Gasteiger partial charge on any atom is 0.269 e. The number of nitrogens with zero attached hydrogens (tertiary/aromatic N) is 3. The van der Waals surface area contributed by atoms with Crippen molar-refractivity contribution in [3.8, 4) is 0 Å². The number of fused-ring (bicyclic) bond motifs is 1. The van der Waals surface area contributed by atoms with E-state index in [1.165, 1.54) is 28.6 Å². The summed E-state index contributed by atoms with van der Waals surface area (Å²) in [5.74, 6) is -0.127. The third-order valence-electron chi connectivity index (χ3n) is 5.32. The molecule has 0 radical (unpaired) electrons. The number of non-ortho nitro benzene ring substituents is 1. The number of aryl methyl sites for hydroxylation is 1. The Bertz CT molecular complexity index is 1230. The number of piperazine rings is 1. The number of rotatable bonds is 4. The minimum atomic E-state index is -3.78. The zero-order chi connectivity index (χ0) is 21.5. The molecule has 0 saturated carbocycles. The van der Waals surface area contributed by atoms with Gasteiger partial charge in [0, 0.05) is 54.9 Å². The fraction of sp³-hybridized carbons (Fsp3) is 0.250. The van der Waals surface area contributed by atoms with Crippen LogP contribution in [0.4, 0.5) is 5.69 Å². The zero-order valence-electron chi connectivity index (χ0n) is 16.2. The number of H-pyrrole nitrogens is 1. The normalized spacial score (nSPS) is 15.4. The van der Waals surface area contributed by atoms with Crippen LogP contribution in [0.5, 0.6) is 0 Å². The molecule has 1 aliphatic heterocycles. The van der Waals surface area contributed by atoms with E-state index in [1.54, 1.807) is 4.90 Å². The van der Waals surface area contributed by atoms with E-state index < -0.39 is 14.9 Å². The maximum atomic E-state index is 13.1. The smallest absolute Gasteiger partial charge is 0.269 e. The van der Waals surface area contributed by atoms with Crippen molar-refractivity contribution in [3.63, 3.8) is 0 Å². The van der Waals surface area contributed by atoms with Crippen LogP contribution in [0.2, 0.25) is 0 Å². The third kappa shape index (κ3) is 3.44. The van der Waals surface area contributed by atoms with Crippen LogP contribution in [0.15, 0.2) is 53.4 Å². The SMILES string of the molecule is Cc1[nH]c2ccccc2c1C(=O)N1CCN(S(=O)(=O)c2ccc([N+](=O)[O-])cc2)CC1. The molecule has 1 N–H and O–H groups in total. The van der Waals surface area contributed by atoms with Crippen molar-refractivity contribution >= 4 is 32.5 Å². The molecule has 2 heterocycles. The standard InChI is InChI=1S/C20H20N4O5S/c1-14-19(17-4-2-3-5-18(17)21-14)20(25)22-10-12-23(13-11-22)30(28,29)16-8-6-15(7-9-16)24(26)27/h2-9,21H,10-13H2,1H3. The number of carbonyl (C=O) groups excluding carboxylic acids is 1. The molecule has 3 aromatic rings. The van der Waals surface area contributed by atoms with Crippen molar-refractivity contribution in [2.45, 2.75) is 11.8 Å². The molecule has 1 aromatic heterocycles. The van der Waals surface area contributed by atoms with Gasteiger partial charge >= 0.3 is 0 Å². The van der Waals surface area contributed by atoms with Gasteiger partial charge in [-0.2, -0.15) is 4.31 Å². The molecule has 1 fully saturated rings. The molecule has 1 aliphatic rings. The van der Waals surface area contributed by atoms with Gasteiger partial charge in [0.05, 0.1) is 15.4 Å². The summed E-state index contributed by atoms with van der Waals surface area (Å²) in [6.07, 6.45) is 0. The molecule has 156 valence electrons. The first-order valence-corrected chi connectivity index (χ1v) is 10.8. The molecule has 9 nitrogen and oxygen atoms in total. The van der Waals surface area contributed by atoms with E-state index in [-0.39, 0.29) is 42.7 Å². The molecule has 0 aliphatic carbocycles. The van der Waals surface area contributed by atoms with Gasteiger partial charge in [0.15, 0.2) is 0 Å². The van der Waals surface area contributed by atoms with Gasteiger partial charge in [-0.15, -0.1) is 0 Å². The molecule has 2 aromatic carbocycles. The van der Waals surface area contributed by atoms with Gasteiger partial charge in [-0.25, -0.2) is 8.42 Å². The number of sulfonamides is 1. The summed E-state index contributed by atoms with van der Waals surface area (Å²) in [6.45, 7) is 2.70. The van der Waals surface area contributed by atoms with E-state index in [0.29, 0.717) is 5.56 Å². The predicted octanol–water partition coefficient (Wildman–Crippen LogP) is 2.53. The van der Waals surface area contributed by atoms with Crippen LogP contribution < -0.4 is 0 Å². The Morgan fingerprint density at radius 3 is 2.30 bits per heavy atom. The molecule has 4 rings (SSSR count). The summed E-state index contributed by atoms with van der Waals surface area (Å²) in [7, 11) is -3.78. The molecular weight excluding hydrogens is 408 g/mol. The van der Waals surface area contributed by atoms with Crippen LogP contribution in [0.3, 0.4) is 0 Å². The van der Waals surface area contributed by atoms with Crippen LogP contribution in [0.25, 0.3) is 10.9 Å². The van der Waals surface area contributed by atoms with E-state index in [9.17, 15) is 23.3 Å². The van der Waals surface area contributed by atoms with E-state index >= 15 is 0 Å². The number of nitro benzene ring substituents is 1. The lowest BCUT2D eigenvalue weighted by Crippen LogP contribution is -2.50. The molecule has 1 saturated heterocycles. The number of aromatic amines is 1. The first-order chi connectivity index (χ1) is 14.3. The Morgan fingerprint density at radius 2 is 1.67 bits per heavy atom. The van der Waals surface area contributed by atoms with E-state index in [4.69, 9.17) is 0 Å². The molecule has 0 unspecified atom stereocenters. The second-order valence-electron chi connectivity index (χ2n) is 7.12. The average molecular weight is 428 g/mol. The zero-order valence-corrected chi connectivity index (χ0v) is 17.1. The van der Waals surface area contributed by atoms with Gasteiger partial charge in [0.2, 0.25) is 10.0 Å². The molecule has 30 heavy (non-hydrogen) atoms. The fourth-order valence-electron chi connectivity index (χ4n) is 3.73. The number of hydrogen-bond acceptors (Lipinski definition) is 5. The van der Waals surface area contributed by atoms with Crippen LogP contribution in [0.1, 0.15) is 16.1 Å². The summed E-state index contributed by atoms with van der Waals surface area (Å²) in [5, 5.41) is 11.6. The highest BCUT2D eigenvalue weighted by Crippen LogP contribution is 2.25. The number of aromatic nitrogens is 1. The van der Waals surface area contributed by atoms with Crippen molar-refractivity contribution in [1.82, 2.24) is 14.2 Å². The lowest BCUT2D eigenvalue weighted by Gasteiger charge is -2.34. The Labute approximate surface area is 173 Å². The van der Waals surface area contributed by atoms with Gasteiger partial charge in [-0.05, 0) is 25.1 Å². The Balaban J connectivity index is 1.50. The second-order valence-corrected chi connectivity index (χ2v) is 9.06. The number of amides is 1. The summed E-state index contributed by atoms with van der Waals surface area (Å²) in [5.41, 5.74) is 2.11. The lowest BCUT2D eigenvalue weighted by molar-refractivity contribution is -0.384. The average Bonchev–Trinajstić information content (AvgIpc) is 3.09. The van der Waals surface area contributed by atoms with Crippen LogP contribution >= 0.6 is 0 Å². The number of para-hydroxylation sites is 1. The van der Waals surface area contributed by atoms with Crippen molar-refractivity contribution in [3.05, 3.63) is 69.9 Å². The van der Waals surface area contributed by atoms with Crippen molar-refractivity contribution in [1.29, 1.82) is 0 Å². The van der Waals surface area contributed by atoms with Gasteiger partial charge < -0.3 is 9.88 Å². The summed E-state index contributed by atoms with van der Waals surface area (Å²) < 4.78 is 27.0. The van der Waals surface area contributed by atoms with E-state index in [2.05, 4.69) is 4.98 Å². The van der Waals surface area contributed by atoms with Gasteiger partial charge in [0.25, 0.3) is 11.6 Å². The van der Waals surface area contributed by atoms with Gasteiger partial charge in [-0.3, -0.25) is 14.9 Å². The van der Waals surface area contributed by atoms with Crippen molar-refractivity contribution < 1.29 is 18.1 Å². The Kier molecular flexibility index (Phi) is 5.04. The number of benzene rings is 2. The van der Waals surface area contributed by atoms with Crippen molar-refractivity contribution in [2.24, 2.45) is 0 Å². The monoisotopic (exact) mass is 428 g/mol. The van der Waals surface area contributed by atoms with Crippen molar-refractivity contribution in [2.75, 3.05) is 26.2 Å². The number of nitrogens with one attached hydrogen (secondary N) is 1. The first-order valence-electron chi connectivity index (χ1n) is 9.40. The highest BCUT2D eigenvalue weighted by atomic mass is 32.2. The van der Waals surface area contributed by atoms with Crippen LogP contribution in [0, 0.1) is 17.0 Å². The fourth-order valence-corrected chi connectivity index (χ4v) is 5.15. The third-order valence-corrected chi connectivity index (χ3v) is 7.23. The van der Waals surface area contributed by atoms with Crippen LogP contribution in [-0.2, 0) is 10.0 Å². The molecule has 10 heteroatoms. The quantitative estimate of drug-likeness (QED) is 0.506. The first kappa shape index (κ1) is 20.0. The number of nitro groups is 1. The topological polar surface area (TPSA) is 117 Å². The Hall–Kier alpha value is -3.24. The molecule has 1 amide bonds. The molecule has 0 atom stereocenters. The highest BCUT2D eigenvalue weighted by Gasteiger charge is 2.31. The minimum absolute atomic E-state index is 0.000324. The van der Waals surface area contributed by atoms with Gasteiger partial charge in [-0.1, -0.05) is 18.2 Å². The summed E-state index contributed by atoms with van der Waals surface area (Å²) in [4.78, 5) is 28.2. The Morgan fingerprint density at radius 1 is 1.03 bits per heavy atom. The second kappa shape index (κ2) is 7.54. The maximum absolute atomic E-state index is 13.1. The van der Waals surface area contributed by atoms with Crippen LogP contribution in [-0.4, -0.2) is 59.6 Å².